The summed E-state index contributed by atoms with van der Waals surface area (Å²) >= 11 is 0. The Balaban J connectivity index is 0. The first-order valence-electron chi connectivity index (χ1n) is 0. The van der Waals surface area contributed by atoms with Crippen molar-refractivity contribution in [3.05, 3.63) is 0 Å². The number of rotatable bonds is 0. The van der Waals surface area contributed by atoms with Crippen LogP contribution in [0.5, 0.6) is 0 Å². The van der Waals surface area contributed by atoms with Crippen molar-refractivity contribution in [2.75, 3.05) is 0 Å². The molecule has 52 heteroatoms. The average Bonchev–Trinajstić information content (AvgIpc) is 0. The van der Waals surface area contributed by atoms with E-state index < -0.39 is 0 Å². The topological polar surface area (TPSA) is 1510 Å². The SMILES string of the molecule is O.O.O.O.O.O.O.O.O.O.O.O.O.O.O.O.O.O.O.O.O.O.O.O.O.O.O.O.O.O.O.O.O.O.O.O.O.O.O.O.O.O.O.O.O.O.O.O.[Fe].[Fe].[Fe].[Fe]. The summed E-state index contributed by atoms with van der Waals surface area (Å²) < 4.78 is 0. The molecule has 0 aromatic heterocycles. The summed E-state index contributed by atoms with van der Waals surface area (Å²) in [5, 5.41) is 0. The number of hydrogen-bond donors (Lipinski definition) is 0. The molecule has 52 heavy (non-hydrogen) atoms. The largest absolute Gasteiger partial charge is 0.412 e. The Bertz CT molecular complexity index is 20.3. The van der Waals surface area contributed by atoms with E-state index in [1.54, 1.807) is 0 Å². The van der Waals surface area contributed by atoms with Gasteiger partial charge in [-0.15, -0.1) is 0 Å². The summed E-state index contributed by atoms with van der Waals surface area (Å²) in [5.74, 6) is 0. The van der Waals surface area contributed by atoms with E-state index in [4.69, 9.17) is 0 Å². The summed E-state index contributed by atoms with van der Waals surface area (Å²) in [6.07, 6.45) is 0. The second kappa shape index (κ2) is 5160000. The van der Waals surface area contributed by atoms with Crippen LogP contribution in [0, 0.1) is 0 Å². The van der Waals surface area contributed by atoms with Gasteiger partial charge >= 0.3 is 0 Å². The van der Waals surface area contributed by atoms with Gasteiger partial charge < -0.3 is 263 Å². The molecule has 0 aromatic rings. The summed E-state index contributed by atoms with van der Waals surface area (Å²) in [6.45, 7) is 0. The fourth-order valence-corrected chi connectivity index (χ4v) is 0. The Morgan fingerprint density at radius 3 is 0.0385 bits per heavy atom. The predicted molar refractivity (Wildman–Crippen MR) is 173 cm³/mol. The molecule has 0 aliphatic carbocycles. The summed E-state index contributed by atoms with van der Waals surface area (Å²) in [6, 6.07) is 0. The molecule has 0 atom stereocenters. The zero-order valence-electron chi connectivity index (χ0n) is 25.4. The van der Waals surface area contributed by atoms with E-state index >= 15 is 0 Å². The van der Waals surface area contributed by atoms with Crippen molar-refractivity contribution >= 4 is 0 Å². The van der Waals surface area contributed by atoms with E-state index in [2.05, 4.69) is 0 Å². The molecule has 0 heterocycles. The van der Waals surface area contributed by atoms with E-state index in [1.165, 1.54) is 0 Å². The van der Waals surface area contributed by atoms with Gasteiger partial charge in [0.15, 0.2) is 0 Å². The van der Waals surface area contributed by atoms with Gasteiger partial charge in [-0.05, 0) is 0 Å². The van der Waals surface area contributed by atoms with Gasteiger partial charge in [-0.1, -0.05) is 0 Å². The normalized spacial score (nSPS) is 0. The van der Waals surface area contributed by atoms with Crippen molar-refractivity contribution in [3.8, 4) is 0 Å². The molecule has 0 rings (SSSR count). The first-order chi connectivity index (χ1) is 0. The van der Waals surface area contributed by atoms with Crippen LogP contribution in [0.3, 0.4) is 0 Å². The fraction of sp³-hybridized carbons (Fsp3) is 0. The minimum Gasteiger partial charge on any atom is -0.412 e. The van der Waals surface area contributed by atoms with Crippen molar-refractivity contribution in [1.82, 2.24) is 0 Å². The fourth-order valence-electron chi connectivity index (χ4n) is 0. The molecule has 0 saturated heterocycles. The third-order valence-corrected chi connectivity index (χ3v) is 0. The van der Waals surface area contributed by atoms with Crippen LogP contribution in [0.4, 0.5) is 0 Å². The van der Waals surface area contributed by atoms with Gasteiger partial charge in [-0.3, -0.25) is 0 Å². The van der Waals surface area contributed by atoms with E-state index in [9.17, 15) is 0 Å². The van der Waals surface area contributed by atoms with E-state index in [0.29, 0.717) is 0 Å². The van der Waals surface area contributed by atoms with Crippen molar-refractivity contribution in [3.63, 3.8) is 0 Å². The van der Waals surface area contributed by atoms with Crippen LogP contribution in [0.2, 0.25) is 0 Å². The second-order valence-corrected chi connectivity index (χ2v) is 0. The van der Waals surface area contributed by atoms with Crippen LogP contribution in [-0.2, 0) is 68.3 Å². The maximum Gasteiger partial charge on any atom is 0 e. The third kappa shape index (κ3) is 4860000. The molecule has 0 aliphatic heterocycles. The zero-order valence-corrected chi connectivity index (χ0v) is 29.8. The van der Waals surface area contributed by atoms with Crippen LogP contribution in [-0.4, -0.2) is 263 Å². The van der Waals surface area contributed by atoms with Gasteiger partial charge in [0.1, 0.15) is 0 Å². The molecule has 416 valence electrons. The van der Waals surface area contributed by atoms with E-state index in [-0.39, 0.29) is 331 Å². The van der Waals surface area contributed by atoms with Crippen molar-refractivity contribution < 1.29 is 331 Å². The Morgan fingerprint density at radius 2 is 0.0385 bits per heavy atom. The Morgan fingerprint density at radius 1 is 0.0385 bits per heavy atom. The van der Waals surface area contributed by atoms with Gasteiger partial charge in [0.05, 0.1) is 0 Å². The standard InChI is InChI=1S/4Fe.48H2O/h;;;;48*1H2. The second-order valence-electron chi connectivity index (χ2n) is 0. The Hall–Kier alpha value is 0.158. The van der Waals surface area contributed by atoms with E-state index in [1.807, 2.05) is 0 Å². The van der Waals surface area contributed by atoms with Crippen LogP contribution >= 0.6 is 0 Å². The summed E-state index contributed by atoms with van der Waals surface area (Å²) in [7, 11) is 0. The number of hydrogen-bond acceptors (Lipinski definition) is 0. The Kier molecular flexibility index (Phi) is 543000000000. The predicted octanol–water partition coefficient (Wildman–Crippen LogP) is -39.6. The quantitative estimate of drug-likeness (QED) is 0.204. The molecule has 0 radical (unpaired) electrons. The first-order valence-corrected chi connectivity index (χ1v) is 0. The van der Waals surface area contributed by atoms with Crippen LogP contribution in [0.25, 0.3) is 0 Å². The minimum absolute atomic E-state index is 0. The van der Waals surface area contributed by atoms with Gasteiger partial charge in [0, 0.05) is 68.3 Å². The van der Waals surface area contributed by atoms with Crippen molar-refractivity contribution in [1.29, 1.82) is 0 Å². The van der Waals surface area contributed by atoms with Gasteiger partial charge in [0.25, 0.3) is 0 Å². The molecular weight excluding hydrogens is 991 g/mol. The smallest absolute Gasteiger partial charge is 0 e. The average molecular weight is 1090 g/mol. The van der Waals surface area contributed by atoms with Gasteiger partial charge in [-0.25, -0.2) is 0 Å². The summed E-state index contributed by atoms with van der Waals surface area (Å²) in [5.41, 5.74) is 0. The van der Waals surface area contributed by atoms with E-state index in [0.717, 1.165) is 0 Å². The van der Waals surface area contributed by atoms with Crippen LogP contribution in [0.1, 0.15) is 0 Å². The molecule has 0 amide bonds. The van der Waals surface area contributed by atoms with Crippen LogP contribution in [0.15, 0.2) is 0 Å². The monoisotopic (exact) mass is 1090 g/mol. The maximum absolute atomic E-state index is 0. The van der Waals surface area contributed by atoms with Gasteiger partial charge in [-0.2, -0.15) is 0 Å². The molecular formula is H96Fe4O48. The molecule has 48 nitrogen and oxygen atoms in total. The Labute approximate surface area is 331 Å². The molecule has 0 saturated carbocycles. The van der Waals surface area contributed by atoms with Gasteiger partial charge in [0.2, 0.25) is 0 Å². The summed E-state index contributed by atoms with van der Waals surface area (Å²) in [4.78, 5) is 0. The molecule has 96 N–H and O–H groups in total. The van der Waals surface area contributed by atoms with Crippen molar-refractivity contribution in [2.45, 2.75) is 0 Å². The molecule has 0 bridgehead atoms. The minimum atomic E-state index is 0. The molecule has 0 aromatic carbocycles. The maximum atomic E-state index is 0. The molecule has 0 unspecified atom stereocenters. The van der Waals surface area contributed by atoms with Crippen molar-refractivity contribution in [2.24, 2.45) is 0 Å². The van der Waals surface area contributed by atoms with Crippen LogP contribution < -0.4 is 0 Å². The molecule has 0 spiro atoms. The third-order valence-electron chi connectivity index (χ3n) is 0. The zero-order chi connectivity index (χ0) is 0. The first kappa shape index (κ1) is 5470000. The molecule has 0 fully saturated rings. The molecule has 0 aliphatic rings.